The summed E-state index contributed by atoms with van der Waals surface area (Å²) in [4.78, 5) is 20.2. The normalized spacial score (nSPS) is 18.9. The molecule has 6 heteroatoms. The van der Waals surface area contributed by atoms with E-state index in [0.717, 1.165) is 36.1 Å². The van der Waals surface area contributed by atoms with Crippen LogP contribution >= 0.6 is 0 Å². The van der Waals surface area contributed by atoms with Crippen LogP contribution < -0.4 is 0 Å². The molecule has 0 spiro atoms. The molecule has 0 unspecified atom stereocenters. The fraction of sp³-hybridized carbons (Fsp3) is 0.364. The van der Waals surface area contributed by atoms with Crippen LogP contribution in [-0.4, -0.2) is 29.2 Å². The fourth-order valence-corrected chi connectivity index (χ4v) is 3.54. The highest BCUT2D eigenvalue weighted by Gasteiger charge is 2.32. The Labute approximate surface area is 162 Å². The second-order valence-corrected chi connectivity index (χ2v) is 7.45. The van der Waals surface area contributed by atoms with Crippen molar-refractivity contribution in [3.8, 4) is 0 Å². The van der Waals surface area contributed by atoms with Gasteiger partial charge in [0.2, 0.25) is 5.91 Å². The maximum absolute atomic E-state index is 13.2. The Morgan fingerprint density at radius 3 is 2.29 bits per heavy atom. The standard InChI is InChI=1S/C22H22F2N2O2/c23-18-8-4-15(5-9-18)13-26(22(27)17-2-1-3-17)14-20-12-21(25-28-20)16-6-10-19(24)11-7-16/h4-11,17,20H,1-3,12-14H2/t20-/m0/s1. The molecule has 4 rings (SSSR count). The van der Waals surface area contributed by atoms with Crippen LogP contribution in [0.5, 0.6) is 0 Å². The van der Waals surface area contributed by atoms with Gasteiger partial charge < -0.3 is 9.74 Å². The zero-order valence-electron chi connectivity index (χ0n) is 15.5. The minimum Gasteiger partial charge on any atom is -0.390 e. The number of carbonyl (C=O) groups is 1. The van der Waals surface area contributed by atoms with Crippen LogP contribution in [0.25, 0.3) is 0 Å². The molecule has 1 saturated carbocycles. The molecule has 1 aliphatic heterocycles. The van der Waals surface area contributed by atoms with Crippen LogP contribution in [0.1, 0.15) is 36.8 Å². The number of amides is 1. The van der Waals surface area contributed by atoms with Crippen LogP contribution in [0.2, 0.25) is 0 Å². The maximum Gasteiger partial charge on any atom is 0.226 e. The van der Waals surface area contributed by atoms with Crippen LogP contribution in [-0.2, 0) is 16.2 Å². The second kappa shape index (κ2) is 8.09. The highest BCUT2D eigenvalue weighted by Crippen LogP contribution is 2.29. The van der Waals surface area contributed by atoms with Gasteiger partial charge in [-0.3, -0.25) is 4.79 Å². The van der Waals surface area contributed by atoms with Gasteiger partial charge >= 0.3 is 0 Å². The Balaban J connectivity index is 1.43. The van der Waals surface area contributed by atoms with Gasteiger partial charge in [0.1, 0.15) is 11.6 Å². The topological polar surface area (TPSA) is 41.9 Å². The first-order chi connectivity index (χ1) is 13.6. The van der Waals surface area contributed by atoms with Crippen LogP contribution in [0.3, 0.4) is 0 Å². The van der Waals surface area contributed by atoms with Gasteiger partial charge in [-0.1, -0.05) is 35.8 Å². The number of nitrogens with zero attached hydrogens (tertiary/aromatic N) is 2. The predicted molar refractivity (Wildman–Crippen MR) is 102 cm³/mol. The lowest BCUT2D eigenvalue weighted by Gasteiger charge is -2.32. The Hall–Kier alpha value is -2.76. The summed E-state index contributed by atoms with van der Waals surface area (Å²) in [6.45, 7) is 0.836. The average Bonchev–Trinajstić information content (AvgIpc) is 3.10. The number of rotatable bonds is 6. The molecule has 2 aromatic carbocycles. The summed E-state index contributed by atoms with van der Waals surface area (Å²) in [7, 11) is 0. The molecule has 4 nitrogen and oxygen atoms in total. The van der Waals surface area contributed by atoms with Gasteiger partial charge in [0.25, 0.3) is 0 Å². The molecular formula is C22H22F2N2O2. The molecule has 1 amide bonds. The van der Waals surface area contributed by atoms with Crippen molar-refractivity contribution in [1.82, 2.24) is 4.90 Å². The van der Waals surface area contributed by atoms with Gasteiger partial charge in [0, 0.05) is 18.9 Å². The van der Waals surface area contributed by atoms with Crippen LogP contribution in [0.4, 0.5) is 8.78 Å². The lowest BCUT2D eigenvalue weighted by Crippen LogP contribution is -2.42. The van der Waals surface area contributed by atoms with Crippen molar-refractivity contribution in [3.63, 3.8) is 0 Å². The van der Waals surface area contributed by atoms with E-state index in [4.69, 9.17) is 4.84 Å². The molecule has 2 aliphatic rings. The Bertz CT molecular complexity index is 861. The van der Waals surface area contributed by atoms with Crippen LogP contribution in [0, 0.1) is 17.6 Å². The summed E-state index contributed by atoms with van der Waals surface area (Å²) in [5.74, 6) is -0.401. The van der Waals surface area contributed by atoms with Crippen molar-refractivity contribution in [2.75, 3.05) is 6.54 Å². The second-order valence-electron chi connectivity index (χ2n) is 7.45. The third-order valence-corrected chi connectivity index (χ3v) is 5.39. The summed E-state index contributed by atoms with van der Waals surface area (Å²) in [5.41, 5.74) is 2.45. The van der Waals surface area contributed by atoms with Crippen molar-refractivity contribution < 1.29 is 18.4 Å². The smallest absolute Gasteiger partial charge is 0.226 e. The van der Waals surface area contributed by atoms with E-state index in [1.54, 1.807) is 29.2 Å². The quantitative estimate of drug-likeness (QED) is 0.746. The number of carbonyl (C=O) groups excluding carboxylic acids is 1. The average molecular weight is 384 g/mol. The summed E-state index contributed by atoms with van der Waals surface area (Å²) in [6, 6.07) is 12.4. The van der Waals surface area contributed by atoms with Crippen molar-refractivity contribution in [2.24, 2.45) is 11.1 Å². The number of benzene rings is 2. The predicted octanol–water partition coefficient (Wildman–Crippen LogP) is 4.29. The zero-order valence-corrected chi connectivity index (χ0v) is 15.5. The van der Waals surface area contributed by atoms with Gasteiger partial charge in [0.15, 0.2) is 6.10 Å². The largest absolute Gasteiger partial charge is 0.390 e. The molecule has 28 heavy (non-hydrogen) atoms. The number of halogens is 2. The van der Waals surface area contributed by atoms with E-state index in [-0.39, 0.29) is 29.6 Å². The van der Waals surface area contributed by atoms with E-state index in [9.17, 15) is 13.6 Å². The number of oxime groups is 1. The molecule has 0 bridgehead atoms. The zero-order chi connectivity index (χ0) is 19.5. The molecule has 0 aromatic heterocycles. The minimum atomic E-state index is -0.295. The number of hydrogen-bond donors (Lipinski definition) is 0. The van der Waals surface area contributed by atoms with Gasteiger partial charge in [-0.15, -0.1) is 0 Å². The first-order valence-corrected chi connectivity index (χ1v) is 9.60. The Kier molecular flexibility index (Phi) is 5.37. The van der Waals surface area contributed by atoms with E-state index in [1.165, 1.54) is 24.3 Å². The first-order valence-electron chi connectivity index (χ1n) is 9.60. The third kappa shape index (κ3) is 4.21. The van der Waals surface area contributed by atoms with Gasteiger partial charge in [0.05, 0.1) is 12.3 Å². The Morgan fingerprint density at radius 1 is 1.04 bits per heavy atom. The summed E-state index contributed by atoms with van der Waals surface area (Å²) in [6.07, 6.45) is 3.23. The molecule has 0 N–H and O–H groups in total. The molecule has 146 valence electrons. The van der Waals surface area contributed by atoms with Gasteiger partial charge in [-0.05, 0) is 48.2 Å². The first kappa shape index (κ1) is 18.6. The highest BCUT2D eigenvalue weighted by atomic mass is 19.1. The number of hydrogen-bond acceptors (Lipinski definition) is 3. The van der Waals surface area contributed by atoms with Crippen molar-refractivity contribution in [1.29, 1.82) is 0 Å². The van der Waals surface area contributed by atoms with E-state index in [1.807, 2.05) is 0 Å². The maximum atomic E-state index is 13.2. The SMILES string of the molecule is O=C(C1CCC1)N(Cc1ccc(F)cc1)C[C@@H]1CC(c2ccc(F)cc2)=NO1. The van der Waals surface area contributed by atoms with E-state index in [0.29, 0.717) is 19.5 Å². The molecule has 1 fully saturated rings. The van der Waals surface area contributed by atoms with Crippen molar-refractivity contribution in [3.05, 3.63) is 71.3 Å². The fourth-order valence-electron chi connectivity index (χ4n) is 3.54. The van der Waals surface area contributed by atoms with E-state index < -0.39 is 0 Å². The highest BCUT2D eigenvalue weighted by molar-refractivity contribution is 6.01. The third-order valence-electron chi connectivity index (χ3n) is 5.39. The molecule has 1 aliphatic carbocycles. The minimum absolute atomic E-state index is 0.0688. The molecular weight excluding hydrogens is 362 g/mol. The summed E-state index contributed by atoms with van der Waals surface area (Å²) >= 11 is 0. The van der Waals surface area contributed by atoms with E-state index >= 15 is 0 Å². The lowest BCUT2D eigenvalue weighted by molar-refractivity contribution is -0.140. The Morgan fingerprint density at radius 2 is 1.68 bits per heavy atom. The van der Waals surface area contributed by atoms with Crippen molar-refractivity contribution >= 4 is 11.6 Å². The summed E-state index contributed by atoms with van der Waals surface area (Å²) in [5, 5.41) is 4.13. The summed E-state index contributed by atoms with van der Waals surface area (Å²) < 4.78 is 26.3. The van der Waals surface area contributed by atoms with Gasteiger partial charge in [-0.2, -0.15) is 0 Å². The molecule has 2 aromatic rings. The van der Waals surface area contributed by atoms with Gasteiger partial charge in [-0.25, -0.2) is 8.78 Å². The molecule has 1 heterocycles. The van der Waals surface area contributed by atoms with Crippen LogP contribution in [0.15, 0.2) is 53.7 Å². The van der Waals surface area contributed by atoms with E-state index in [2.05, 4.69) is 5.16 Å². The van der Waals surface area contributed by atoms with Crippen molar-refractivity contribution in [2.45, 2.75) is 38.3 Å². The monoisotopic (exact) mass is 384 g/mol. The lowest BCUT2D eigenvalue weighted by atomic mass is 9.84. The molecule has 0 radical (unpaired) electrons. The molecule has 0 saturated heterocycles. The molecule has 1 atom stereocenters.